The average Bonchev–Trinajstić information content (AvgIpc) is 2.32. The maximum atomic E-state index is 11.9. The van der Waals surface area contributed by atoms with Crippen LogP contribution in [-0.2, 0) is 9.59 Å². The zero-order chi connectivity index (χ0) is 14.7. The minimum atomic E-state index is -1.16. The number of aliphatic carboxylic acids is 2. The van der Waals surface area contributed by atoms with Gasteiger partial charge in [0.2, 0.25) is 0 Å². The second-order valence-corrected chi connectivity index (χ2v) is 5.71. The van der Waals surface area contributed by atoms with Crippen molar-refractivity contribution in [1.29, 1.82) is 0 Å². The molecule has 2 N–H and O–H groups in total. The van der Waals surface area contributed by atoms with Gasteiger partial charge in [-0.3, -0.25) is 9.59 Å². The average molecular weight is 268 g/mol. The number of carboxylic acid groups (broad SMARTS) is 2. The van der Waals surface area contributed by atoms with Crippen LogP contribution in [0.1, 0.15) is 59.3 Å². The molecule has 0 aromatic heterocycles. The molecule has 0 radical (unpaired) electrons. The molecule has 0 aliphatic heterocycles. The number of rotatable bonds is 6. The zero-order valence-electron chi connectivity index (χ0n) is 12.0. The van der Waals surface area contributed by atoms with Crippen molar-refractivity contribution in [3.63, 3.8) is 0 Å². The van der Waals surface area contributed by atoms with Crippen molar-refractivity contribution < 1.29 is 19.8 Å². The van der Waals surface area contributed by atoms with E-state index in [9.17, 15) is 19.8 Å². The molecule has 0 heterocycles. The van der Waals surface area contributed by atoms with Gasteiger partial charge in [0.1, 0.15) is 0 Å². The van der Waals surface area contributed by atoms with Crippen LogP contribution in [0, 0.1) is 10.8 Å². The summed E-state index contributed by atoms with van der Waals surface area (Å²) in [5.74, 6) is -1.92. The fourth-order valence-corrected chi connectivity index (χ4v) is 3.57. The van der Waals surface area contributed by atoms with Crippen LogP contribution < -0.4 is 0 Å². The monoisotopic (exact) mass is 268 g/mol. The van der Waals surface area contributed by atoms with E-state index < -0.39 is 22.8 Å². The molecule has 0 amide bonds. The molecule has 2 atom stereocenters. The first-order valence-corrected chi connectivity index (χ1v) is 6.98. The quantitative estimate of drug-likeness (QED) is 0.723. The van der Waals surface area contributed by atoms with E-state index in [1.54, 1.807) is 0 Å². The number of carbonyl (C=O) groups is 2. The minimum Gasteiger partial charge on any atom is -0.481 e. The Balaban J connectivity index is 3.44. The molecular formula is C15H24O4. The van der Waals surface area contributed by atoms with Crippen LogP contribution in [0.3, 0.4) is 0 Å². The van der Waals surface area contributed by atoms with Crippen LogP contribution in [-0.4, -0.2) is 22.2 Å². The van der Waals surface area contributed by atoms with Crippen molar-refractivity contribution in [2.24, 2.45) is 10.8 Å². The summed E-state index contributed by atoms with van der Waals surface area (Å²) in [5, 5.41) is 19.5. The highest BCUT2D eigenvalue weighted by atomic mass is 16.4. The van der Waals surface area contributed by atoms with Gasteiger partial charge in [-0.15, -0.1) is 0 Å². The fraction of sp³-hybridized carbons (Fsp3) is 0.733. The Hall–Kier alpha value is -1.32. The van der Waals surface area contributed by atoms with Gasteiger partial charge in [0, 0.05) is 0 Å². The minimum absolute atomic E-state index is 0.328. The van der Waals surface area contributed by atoms with Crippen molar-refractivity contribution in [2.75, 3.05) is 0 Å². The molecule has 0 aromatic carbocycles. The Kier molecular flexibility index (Phi) is 4.77. The van der Waals surface area contributed by atoms with Gasteiger partial charge in [0.25, 0.3) is 0 Å². The lowest BCUT2D eigenvalue weighted by atomic mass is 9.53. The van der Waals surface area contributed by atoms with Gasteiger partial charge < -0.3 is 10.2 Å². The van der Waals surface area contributed by atoms with Gasteiger partial charge in [-0.25, -0.2) is 0 Å². The third kappa shape index (κ3) is 2.40. The molecule has 1 aliphatic carbocycles. The molecule has 1 rings (SSSR count). The third-order valence-corrected chi connectivity index (χ3v) is 4.47. The van der Waals surface area contributed by atoms with Crippen molar-refractivity contribution >= 4 is 11.9 Å². The van der Waals surface area contributed by atoms with Gasteiger partial charge in [-0.05, 0) is 32.6 Å². The summed E-state index contributed by atoms with van der Waals surface area (Å²) in [7, 11) is 0. The van der Waals surface area contributed by atoms with E-state index in [1.165, 1.54) is 0 Å². The first-order chi connectivity index (χ1) is 8.86. The standard InChI is InChI=1S/C15H24O4/c1-4-7-14(12(16)17)9-6-11(3)10-15(14,8-5-2)13(18)19/h6H,4-5,7-10H2,1-3H3,(H,16,17)(H,18,19). The van der Waals surface area contributed by atoms with Crippen LogP contribution in [0.25, 0.3) is 0 Å². The Morgan fingerprint density at radius 1 is 1.11 bits per heavy atom. The Morgan fingerprint density at radius 3 is 2.00 bits per heavy atom. The molecule has 0 saturated heterocycles. The van der Waals surface area contributed by atoms with Gasteiger partial charge in [-0.1, -0.05) is 38.3 Å². The van der Waals surface area contributed by atoms with Crippen LogP contribution >= 0.6 is 0 Å². The zero-order valence-corrected chi connectivity index (χ0v) is 12.0. The fourth-order valence-electron chi connectivity index (χ4n) is 3.57. The maximum Gasteiger partial charge on any atom is 0.311 e. The summed E-state index contributed by atoms with van der Waals surface area (Å²) < 4.78 is 0. The van der Waals surface area contributed by atoms with Crippen molar-refractivity contribution in [3.8, 4) is 0 Å². The number of carboxylic acids is 2. The third-order valence-electron chi connectivity index (χ3n) is 4.47. The number of hydrogen-bond donors (Lipinski definition) is 2. The summed E-state index contributed by atoms with van der Waals surface area (Å²) in [6.07, 6.45) is 4.77. The molecule has 0 fully saturated rings. The summed E-state index contributed by atoms with van der Waals surface area (Å²) in [6.45, 7) is 5.72. The molecule has 0 saturated carbocycles. The largest absolute Gasteiger partial charge is 0.481 e. The molecular weight excluding hydrogens is 244 g/mol. The topological polar surface area (TPSA) is 74.6 Å². The molecule has 108 valence electrons. The lowest BCUT2D eigenvalue weighted by Gasteiger charge is -2.47. The van der Waals surface area contributed by atoms with Crippen molar-refractivity contribution in [3.05, 3.63) is 11.6 Å². The van der Waals surface area contributed by atoms with E-state index in [0.29, 0.717) is 38.5 Å². The van der Waals surface area contributed by atoms with Crippen molar-refractivity contribution in [1.82, 2.24) is 0 Å². The highest BCUT2D eigenvalue weighted by molar-refractivity contribution is 5.87. The van der Waals surface area contributed by atoms with E-state index in [1.807, 2.05) is 26.8 Å². The van der Waals surface area contributed by atoms with E-state index in [-0.39, 0.29) is 0 Å². The van der Waals surface area contributed by atoms with E-state index in [0.717, 1.165) is 5.57 Å². The van der Waals surface area contributed by atoms with Crippen LogP contribution in [0.15, 0.2) is 11.6 Å². The van der Waals surface area contributed by atoms with Gasteiger partial charge >= 0.3 is 11.9 Å². The lowest BCUT2D eigenvalue weighted by Crippen LogP contribution is -2.54. The van der Waals surface area contributed by atoms with E-state index >= 15 is 0 Å². The number of hydrogen-bond acceptors (Lipinski definition) is 2. The van der Waals surface area contributed by atoms with Crippen LogP contribution in [0.5, 0.6) is 0 Å². The lowest BCUT2D eigenvalue weighted by molar-refractivity contribution is -0.177. The first-order valence-electron chi connectivity index (χ1n) is 6.98. The highest BCUT2D eigenvalue weighted by Gasteiger charge is 2.60. The predicted octanol–water partition coefficient (Wildman–Crippen LogP) is 3.47. The summed E-state index contributed by atoms with van der Waals surface area (Å²) in [4.78, 5) is 23.8. The Morgan fingerprint density at radius 2 is 1.58 bits per heavy atom. The SMILES string of the molecule is CCCC1(C(=O)O)CC=C(C)CC1(CCC)C(=O)O. The van der Waals surface area contributed by atoms with E-state index in [2.05, 4.69) is 0 Å². The molecule has 1 aliphatic rings. The van der Waals surface area contributed by atoms with Gasteiger partial charge in [0.05, 0.1) is 10.8 Å². The summed E-state index contributed by atoms with van der Waals surface area (Å²) >= 11 is 0. The second-order valence-electron chi connectivity index (χ2n) is 5.71. The second kappa shape index (κ2) is 5.76. The first kappa shape index (κ1) is 15.7. The molecule has 0 bridgehead atoms. The molecule has 0 aromatic rings. The Labute approximate surface area is 114 Å². The molecule has 4 heteroatoms. The highest BCUT2D eigenvalue weighted by Crippen LogP contribution is 2.56. The molecule has 2 unspecified atom stereocenters. The summed E-state index contributed by atoms with van der Waals surface area (Å²) in [6, 6.07) is 0. The van der Waals surface area contributed by atoms with Crippen LogP contribution in [0.2, 0.25) is 0 Å². The predicted molar refractivity (Wildman–Crippen MR) is 72.9 cm³/mol. The molecule has 0 spiro atoms. The van der Waals surface area contributed by atoms with E-state index in [4.69, 9.17) is 0 Å². The Bertz CT molecular complexity index is 399. The smallest absolute Gasteiger partial charge is 0.311 e. The van der Waals surface area contributed by atoms with Gasteiger partial charge in [0.15, 0.2) is 0 Å². The normalized spacial score (nSPS) is 30.8. The number of allylic oxidation sites excluding steroid dienone is 2. The molecule has 19 heavy (non-hydrogen) atoms. The maximum absolute atomic E-state index is 11.9. The van der Waals surface area contributed by atoms with Crippen molar-refractivity contribution in [2.45, 2.75) is 59.3 Å². The molecule has 4 nitrogen and oxygen atoms in total. The van der Waals surface area contributed by atoms with Crippen LogP contribution in [0.4, 0.5) is 0 Å². The van der Waals surface area contributed by atoms with Gasteiger partial charge in [-0.2, -0.15) is 0 Å². The summed E-state index contributed by atoms with van der Waals surface area (Å²) in [5.41, 5.74) is -1.34.